The summed E-state index contributed by atoms with van der Waals surface area (Å²) in [6.07, 6.45) is -0.909. The van der Waals surface area contributed by atoms with Gasteiger partial charge >= 0.3 is 12.2 Å². The Morgan fingerprint density at radius 3 is 2.42 bits per heavy atom. The van der Waals surface area contributed by atoms with Crippen LogP contribution in [0.5, 0.6) is 5.75 Å². The number of hydrogen-bond acceptors (Lipinski definition) is 2. The quantitative estimate of drug-likeness (QED) is 0.798. The van der Waals surface area contributed by atoms with Crippen LogP contribution in [0.4, 0.5) is 18.0 Å². The zero-order valence-corrected chi connectivity index (χ0v) is 14.8. The fourth-order valence-corrected chi connectivity index (χ4v) is 3.70. The molecule has 2 amide bonds. The standard InChI is InChI=1S/C19H25F3N2O2/c1-26-16-9-7-13(8-10-16)17(12-5-6-12)24-18(25)23-15-4-2-3-14(11-15)19(20,21)22/h7-10,12,14-15,17H,2-6,11H2,1H3,(H2,23,24,25). The summed E-state index contributed by atoms with van der Waals surface area (Å²) >= 11 is 0. The molecule has 0 saturated heterocycles. The first-order valence-corrected chi connectivity index (χ1v) is 9.14. The molecule has 1 aromatic rings. The van der Waals surface area contributed by atoms with E-state index in [1.54, 1.807) is 7.11 Å². The summed E-state index contributed by atoms with van der Waals surface area (Å²) in [4.78, 5) is 12.4. The Labute approximate surface area is 151 Å². The molecule has 0 radical (unpaired) electrons. The van der Waals surface area contributed by atoms with Crippen molar-refractivity contribution in [3.63, 3.8) is 0 Å². The molecule has 4 nitrogen and oxygen atoms in total. The number of halogens is 3. The second-order valence-corrected chi connectivity index (χ2v) is 7.31. The number of urea groups is 1. The highest BCUT2D eigenvalue weighted by atomic mass is 19.4. The van der Waals surface area contributed by atoms with Gasteiger partial charge in [-0.2, -0.15) is 13.2 Å². The topological polar surface area (TPSA) is 50.4 Å². The third kappa shape index (κ3) is 4.83. The molecule has 2 N–H and O–H groups in total. The third-order valence-electron chi connectivity index (χ3n) is 5.33. The van der Waals surface area contributed by atoms with Gasteiger partial charge in [-0.15, -0.1) is 0 Å². The zero-order valence-electron chi connectivity index (χ0n) is 14.8. The summed E-state index contributed by atoms with van der Waals surface area (Å²) in [5.74, 6) is -0.195. The summed E-state index contributed by atoms with van der Waals surface area (Å²) in [6, 6.07) is 6.60. The number of nitrogens with one attached hydrogen (secondary N) is 2. The Morgan fingerprint density at radius 1 is 1.15 bits per heavy atom. The summed E-state index contributed by atoms with van der Waals surface area (Å²) in [5, 5.41) is 5.71. The molecule has 0 bridgehead atoms. The first kappa shape index (κ1) is 18.9. The van der Waals surface area contributed by atoms with Gasteiger partial charge in [0.2, 0.25) is 0 Å². The van der Waals surface area contributed by atoms with Crippen LogP contribution in [0.2, 0.25) is 0 Å². The minimum absolute atomic E-state index is 0.0342. The van der Waals surface area contributed by atoms with Crippen molar-refractivity contribution in [1.29, 1.82) is 0 Å². The Bertz CT molecular complexity index is 614. The molecule has 0 heterocycles. The molecule has 0 aromatic heterocycles. The number of methoxy groups -OCH3 is 1. The van der Waals surface area contributed by atoms with Gasteiger partial charge in [0.1, 0.15) is 5.75 Å². The Kier molecular flexibility index (Phi) is 5.63. The second-order valence-electron chi connectivity index (χ2n) is 7.31. The molecule has 1 aromatic carbocycles. The predicted molar refractivity (Wildman–Crippen MR) is 91.9 cm³/mol. The summed E-state index contributed by atoms with van der Waals surface area (Å²) < 4.78 is 43.9. The lowest BCUT2D eigenvalue weighted by molar-refractivity contribution is -0.183. The number of benzene rings is 1. The number of amides is 2. The first-order valence-electron chi connectivity index (χ1n) is 9.14. The van der Waals surface area contributed by atoms with Crippen molar-refractivity contribution in [1.82, 2.24) is 10.6 Å². The molecule has 3 rings (SSSR count). The van der Waals surface area contributed by atoms with Crippen molar-refractivity contribution in [2.24, 2.45) is 11.8 Å². The van der Waals surface area contributed by atoms with Gasteiger partial charge < -0.3 is 15.4 Å². The van der Waals surface area contributed by atoms with E-state index in [1.165, 1.54) is 0 Å². The van der Waals surface area contributed by atoms with Gasteiger partial charge in [-0.1, -0.05) is 18.6 Å². The normalized spacial score (nSPS) is 24.6. The Morgan fingerprint density at radius 2 is 1.85 bits per heavy atom. The second kappa shape index (κ2) is 7.76. The molecule has 2 saturated carbocycles. The fraction of sp³-hybridized carbons (Fsp3) is 0.632. The van der Waals surface area contributed by atoms with Crippen LogP contribution in [0.15, 0.2) is 24.3 Å². The van der Waals surface area contributed by atoms with E-state index >= 15 is 0 Å². The predicted octanol–water partition coefficient (Wildman–Crippen LogP) is 4.57. The molecule has 3 atom stereocenters. The van der Waals surface area contributed by atoms with E-state index < -0.39 is 18.1 Å². The SMILES string of the molecule is COc1ccc(C(NC(=O)NC2CCCC(C(F)(F)F)C2)C2CC2)cc1. The van der Waals surface area contributed by atoms with Crippen LogP contribution in [0.25, 0.3) is 0 Å². The highest BCUT2D eigenvalue weighted by Crippen LogP contribution is 2.41. The van der Waals surface area contributed by atoms with E-state index in [2.05, 4.69) is 10.6 Å². The summed E-state index contributed by atoms with van der Waals surface area (Å²) in [7, 11) is 1.59. The Hall–Kier alpha value is -1.92. The van der Waals surface area contributed by atoms with Gasteiger partial charge in [0.25, 0.3) is 0 Å². The lowest BCUT2D eigenvalue weighted by Crippen LogP contribution is -2.47. The van der Waals surface area contributed by atoms with E-state index in [9.17, 15) is 18.0 Å². The van der Waals surface area contributed by atoms with Crippen LogP contribution >= 0.6 is 0 Å². The Balaban J connectivity index is 1.58. The third-order valence-corrected chi connectivity index (χ3v) is 5.33. The van der Waals surface area contributed by atoms with Crippen molar-refractivity contribution in [3.8, 4) is 5.75 Å². The molecule has 144 valence electrons. The lowest BCUT2D eigenvalue weighted by Gasteiger charge is -2.31. The highest BCUT2D eigenvalue weighted by molar-refractivity contribution is 5.75. The van der Waals surface area contributed by atoms with Crippen LogP contribution in [-0.4, -0.2) is 25.4 Å². The van der Waals surface area contributed by atoms with E-state index in [0.717, 1.165) is 24.2 Å². The number of alkyl halides is 3. The highest BCUT2D eigenvalue weighted by Gasteiger charge is 2.42. The number of ether oxygens (including phenoxy) is 1. The average molecular weight is 370 g/mol. The largest absolute Gasteiger partial charge is 0.497 e. The molecule has 2 fully saturated rings. The maximum Gasteiger partial charge on any atom is 0.391 e. The average Bonchev–Trinajstić information content (AvgIpc) is 3.44. The number of hydrogen-bond donors (Lipinski definition) is 2. The number of carbonyl (C=O) groups is 1. The molecule has 3 unspecified atom stereocenters. The van der Waals surface area contributed by atoms with E-state index in [1.807, 2.05) is 24.3 Å². The zero-order chi connectivity index (χ0) is 18.7. The summed E-state index contributed by atoms with van der Waals surface area (Å²) in [6.45, 7) is 0. The number of rotatable bonds is 5. The molecule has 2 aliphatic carbocycles. The smallest absolute Gasteiger partial charge is 0.391 e. The van der Waals surface area contributed by atoms with Crippen molar-refractivity contribution in [3.05, 3.63) is 29.8 Å². The van der Waals surface area contributed by atoms with Gasteiger partial charge in [-0.3, -0.25) is 0 Å². The van der Waals surface area contributed by atoms with Gasteiger partial charge in [0.15, 0.2) is 0 Å². The monoisotopic (exact) mass is 370 g/mol. The van der Waals surface area contributed by atoms with Gasteiger partial charge in [0, 0.05) is 6.04 Å². The molecular weight excluding hydrogens is 345 g/mol. The van der Waals surface area contributed by atoms with Gasteiger partial charge in [-0.25, -0.2) is 4.79 Å². The van der Waals surface area contributed by atoms with Crippen molar-refractivity contribution in [2.45, 2.75) is 56.8 Å². The number of carbonyl (C=O) groups excluding carboxylic acids is 1. The van der Waals surface area contributed by atoms with Crippen molar-refractivity contribution < 1.29 is 22.7 Å². The van der Waals surface area contributed by atoms with Crippen LogP contribution in [0.3, 0.4) is 0 Å². The van der Waals surface area contributed by atoms with Crippen LogP contribution in [0, 0.1) is 11.8 Å². The maximum atomic E-state index is 12.9. The van der Waals surface area contributed by atoms with Crippen LogP contribution in [-0.2, 0) is 0 Å². The van der Waals surface area contributed by atoms with Gasteiger partial charge in [0.05, 0.1) is 19.1 Å². The lowest BCUT2D eigenvalue weighted by atomic mass is 9.85. The molecular formula is C19H25F3N2O2. The van der Waals surface area contributed by atoms with Crippen LogP contribution in [0.1, 0.15) is 50.1 Å². The first-order chi connectivity index (χ1) is 12.4. The van der Waals surface area contributed by atoms with E-state index in [-0.39, 0.29) is 24.9 Å². The minimum atomic E-state index is -4.18. The molecule has 7 heteroatoms. The van der Waals surface area contributed by atoms with Crippen LogP contribution < -0.4 is 15.4 Å². The van der Waals surface area contributed by atoms with E-state index in [0.29, 0.717) is 18.8 Å². The summed E-state index contributed by atoms with van der Waals surface area (Å²) in [5.41, 5.74) is 0.986. The fourth-order valence-electron chi connectivity index (χ4n) is 3.70. The maximum absolute atomic E-state index is 12.9. The van der Waals surface area contributed by atoms with Gasteiger partial charge in [-0.05, 0) is 55.7 Å². The van der Waals surface area contributed by atoms with Crippen molar-refractivity contribution in [2.75, 3.05) is 7.11 Å². The molecule has 26 heavy (non-hydrogen) atoms. The van der Waals surface area contributed by atoms with E-state index in [4.69, 9.17) is 4.74 Å². The minimum Gasteiger partial charge on any atom is -0.497 e. The van der Waals surface area contributed by atoms with Crippen molar-refractivity contribution >= 4 is 6.03 Å². The molecule has 0 spiro atoms. The molecule has 2 aliphatic rings. The molecule has 0 aliphatic heterocycles.